The Morgan fingerprint density at radius 2 is 1.44 bits per heavy atom. The summed E-state index contributed by atoms with van der Waals surface area (Å²) in [6.07, 6.45) is 0. The molecule has 0 atom stereocenters. The van der Waals surface area contributed by atoms with Gasteiger partial charge < -0.3 is 16.0 Å². The van der Waals surface area contributed by atoms with Crippen LogP contribution in [0, 0.1) is 3.57 Å². The molecule has 0 unspecified atom stereocenters. The van der Waals surface area contributed by atoms with Crippen molar-refractivity contribution in [2.45, 2.75) is 0 Å². The van der Waals surface area contributed by atoms with E-state index in [1.807, 2.05) is 54.6 Å². The molecule has 0 aliphatic carbocycles. The highest BCUT2D eigenvalue weighted by Gasteiger charge is 2.06. The summed E-state index contributed by atoms with van der Waals surface area (Å²) < 4.78 is 1.11. The van der Waals surface area contributed by atoms with E-state index in [0.29, 0.717) is 11.3 Å². The van der Waals surface area contributed by atoms with Crippen LogP contribution in [0.3, 0.4) is 0 Å². The predicted molar refractivity (Wildman–Crippen MR) is 117 cm³/mol. The van der Waals surface area contributed by atoms with Crippen LogP contribution in [0.4, 0.5) is 17.1 Å². The first-order valence-corrected chi connectivity index (χ1v) is 9.44. The zero-order chi connectivity index (χ0) is 19.1. The number of anilines is 3. The van der Waals surface area contributed by atoms with E-state index in [-0.39, 0.29) is 18.4 Å². The fourth-order valence-electron chi connectivity index (χ4n) is 2.42. The van der Waals surface area contributed by atoms with Gasteiger partial charge in [-0.2, -0.15) is 0 Å². The first kappa shape index (κ1) is 18.9. The number of halogens is 1. The minimum Gasteiger partial charge on any atom is -0.376 e. The first-order valence-electron chi connectivity index (χ1n) is 8.36. The average molecular weight is 471 g/mol. The summed E-state index contributed by atoms with van der Waals surface area (Å²) in [5.41, 5.74) is 2.75. The van der Waals surface area contributed by atoms with Gasteiger partial charge in [-0.1, -0.05) is 24.3 Å². The Morgan fingerprint density at radius 3 is 2.19 bits per heavy atom. The standard InChI is InChI=1S/C21H18IN3O2/c22-16-9-11-17(12-10-16)24-20(26)14-23-18-7-4-8-19(13-18)25-21(27)15-5-2-1-3-6-15/h1-13,23H,14H2,(H,24,26)(H,25,27). The molecule has 3 rings (SSSR count). The Labute approximate surface area is 171 Å². The number of nitrogens with one attached hydrogen (secondary N) is 3. The van der Waals surface area contributed by atoms with Gasteiger partial charge in [0.25, 0.3) is 5.91 Å². The lowest BCUT2D eigenvalue weighted by atomic mass is 10.2. The third-order valence-corrected chi connectivity index (χ3v) is 4.46. The van der Waals surface area contributed by atoms with Crippen LogP contribution in [0.15, 0.2) is 78.9 Å². The van der Waals surface area contributed by atoms with Gasteiger partial charge in [0.05, 0.1) is 6.54 Å². The van der Waals surface area contributed by atoms with Crippen LogP contribution in [0.5, 0.6) is 0 Å². The molecule has 3 N–H and O–H groups in total. The number of carbonyl (C=O) groups excluding carboxylic acids is 2. The molecule has 5 nitrogen and oxygen atoms in total. The van der Waals surface area contributed by atoms with Crippen molar-refractivity contribution < 1.29 is 9.59 Å². The zero-order valence-electron chi connectivity index (χ0n) is 14.4. The third kappa shape index (κ3) is 5.82. The molecule has 0 heterocycles. The van der Waals surface area contributed by atoms with Crippen molar-refractivity contribution in [3.63, 3.8) is 0 Å². The third-order valence-electron chi connectivity index (χ3n) is 3.74. The lowest BCUT2D eigenvalue weighted by Gasteiger charge is -2.10. The molecule has 3 aromatic carbocycles. The molecule has 0 fully saturated rings. The van der Waals surface area contributed by atoms with Gasteiger partial charge in [0.2, 0.25) is 5.91 Å². The number of hydrogen-bond donors (Lipinski definition) is 3. The number of hydrogen-bond acceptors (Lipinski definition) is 3. The summed E-state index contributed by atoms with van der Waals surface area (Å²) in [5, 5.41) is 8.75. The van der Waals surface area contributed by atoms with Gasteiger partial charge in [-0.3, -0.25) is 9.59 Å². The van der Waals surface area contributed by atoms with E-state index in [4.69, 9.17) is 0 Å². The van der Waals surface area contributed by atoms with Crippen LogP contribution in [0.1, 0.15) is 10.4 Å². The summed E-state index contributed by atoms with van der Waals surface area (Å²) in [7, 11) is 0. The van der Waals surface area contributed by atoms with Crippen molar-refractivity contribution >= 4 is 51.5 Å². The average Bonchev–Trinajstić information content (AvgIpc) is 2.69. The maximum Gasteiger partial charge on any atom is 0.255 e. The minimum atomic E-state index is -0.177. The molecule has 0 bridgehead atoms. The molecular weight excluding hydrogens is 453 g/mol. The van der Waals surface area contributed by atoms with Gasteiger partial charge in [-0.05, 0) is 77.2 Å². The molecule has 27 heavy (non-hydrogen) atoms. The van der Waals surface area contributed by atoms with E-state index in [1.165, 1.54) is 0 Å². The van der Waals surface area contributed by atoms with Crippen molar-refractivity contribution in [2.24, 2.45) is 0 Å². The fourth-order valence-corrected chi connectivity index (χ4v) is 2.78. The number of amides is 2. The quantitative estimate of drug-likeness (QED) is 0.461. The van der Waals surface area contributed by atoms with Gasteiger partial charge in [0, 0.05) is 26.2 Å². The van der Waals surface area contributed by atoms with Crippen molar-refractivity contribution in [1.82, 2.24) is 0 Å². The molecule has 2 amide bonds. The summed E-state index contributed by atoms with van der Waals surface area (Å²) in [6, 6.07) is 23.9. The Balaban J connectivity index is 1.55. The molecule has 0 aliphatic heterocycles. The van der Waals surface area contributed by atoms with Gasteiger partial charge in [-0.15, -0.1) is 0 Å². The van der Waals surface area contributed by atoms with Crippen molar-refractivity contribution in [2.75, 3.05) is 22.5 Å². The summed E-state index contributed by atoms with van der Waals surface area (Å²) in [5.74, 6) is -0.320. The number of rotatable bonds is 6. The van der Waals surface area contributed by atoms with Crippen LogP contribution in [0.2, 0.25) is 0 Å². The van der Waals surface area contributed by atoms with E-state index >= 15 is 0 Å². The van der Waals surface area contributed by atoms with Crippen LogP contribution in [-0.4, -0.2) is 18.4 Å². The van der Waals surface area contributed by atoms with E-state index in [2.05, 4.69) is 38.5 Å². The normalized spacial score (nSPS) is 10.1. The molecule has 0 aromatic heterocycles. The van der Waals surface area contributed by atoms with Crippen LogP contribution in [-0.2, 0) is 4.79 Å². The number of carbonyl (C=O) groups is 2. The van der Waals surface area contributed by atoms with E-state index in [1.54, 1.807) is 24.3 Å². The van der Waals surface area contributed by atoms with E-state index < -0.39 is 0 Å². The summed E-state index contributed by atoms with van der Waals surface area (Å²) in [6.45, 7) is 0.127. The highest BCUT2D eigenvalue weighted by molar-refractivity contribution is 14.1. The Kier molecular flexibility index (Phi) is 6.43. The molecule has 0 spiro atoms. The summed E-state index contributed by atoms with van der Waals surface area (Å²) >= 11 is 2.21. The second-order valence-corrected chi connectivity index (χ2v) is 7.06. The summed E-state index contributed by atoms with van der Waals surface area (Å²) in [4.78, 5) is 24.3. The molecule has 136 valence electrons. The van der Waals surface area contributed by atoms with Gasteiger partial charge in [0.15, 0.2) is 0 Å². The molecular formula is C21H18IN3O2. The van der Waals surface area contributed by atoms with Crippen LogP contribution in [0.25, 0.3) is 0 Å². The largest absolute Gasteiger partial charge is 0.376 e. The van der Waals surface area contributed by atoms with Gasteiger partial charge in [0.1, 0.15) is 0 Å². The van der Waals surface area contributed by atoms with Crippen molar-refractivity contribution in [1.29, 1.82) is 0 Å². The van der Waals surface area contributed by atoms with Crippen molar-refractivity contribution in [3.05, 3.63) is 88.0 Å². The lowest BCUT2D eigenvalue weighted by Crippen LogP contribution is -2.21. The Hall–Kier alpha value is -2.87. The molecule has 0 saturated heterocycles. The highest BCUT2D eigenvalue weighted by atomic mass is 127. The minimum absolute atomic E-state index is 0.127. The van der Waals surface area contributed by atoms with Crippen LogP contribution < -0.4 is 16.0 Å². The maximum absolute atomic E-state index is 12.2. The predicted octanol–water partition coefficient (Wildman–Crippen LogP) is 4.59. The maximum atomic E-state index is 12.2. The molecule has 0 saturated carbocycles. The van der Waals surface area contributed by atoms with E-state index in [0.717, 1.165) is 14.9 Å². The van der Waals surface area contributed by atoms with Gasteiger partial charge in [-0.25, -0.2) is 0 Å². The van der Waals surface area contributed by atoms with Crippen LogP contribution >= 0.6 is 22.6 Å². The lowest BCUT2D eigenvalue weighted by molar-refractivity contribution is -0.114. The first-order chi connectivity index (χ1) is 13.1. The fraction of sp³-hybridized carbons (Fsp3) is 0.0476. The second kappa shape index (κ2) is 9.18. The second-order valence-electron chi connectivity index (χ2n) is 5.81. The zero-order valence-corrected chi connectivity index (χ0v) is 16.6. The molecule has 3 aromatic rings. The SMILES string of the molecule is O=C(CNc1cccc(NC(=O)c2ccccc2)c1)Nc1ccc(I)cc1. The topological polar surface area (TPSA) is 70.2 Å². The van der Waals surface area contributed by atoms with Gasteiger partial charge >= 0.3 is 0 Å². The smallest absolute Gasteiger partial charge is 0.255 e. The number of benzene rings is 3. The molecule has 0 radical (unpaired) electrons. The Morgan fingerprint density at radius 1 is 0.741 bits per heavy atom. The molecule has 6 heteroatoms. The Bertz CT molecular complexity index is 928. The molecule has 0 aliphatic rings. The van der Waals surface area contributed by atoms with Crippen molar-refractivity contribution in [3.8, 4) is 0 Å². The van der Waals surface area contributed by atoms with E-state index in [9.17, 15) is 9.59 Å². The highest BCUT2D eigenvalue weighted by Crippen LogP contribution is 2.16. The monoisotopic (exact) mass is 471 g/mol.